The van der Waals surface area contributed by atoms with Gasteiger partial charge in [-0.3, -0.25) is 4.79 Å². The lowest BCUT2D eigenvalue weighted by molar-refractivity contribution is -0.143. The maximum absolute atomic E-state index is 11.7. The topological polar surface area (TPSA) is 73.9 Å². The number of methoxy groups -OCH3 is 1. The molecule has 6 heteroatoms. The van der Waals surface area contributed by atoms with Crippen LogP contribution in [-0.4, -0.2) is 26.0 Å². The summed E-state index contributed by atoms with van der Waals surface area (Å²) < 4.78 is 10.5. The molecule has 0 aliphatic carbocycles. The fourth-order valence-electron chi connectivity index (χ4n) is 1.78. The summed E-state index contributed by atoms with van der Waals surface area (Å²) in [6.07, 6.45) is 0.700. The van der Waals surface area contributed by atoms with Gasteiger partial charge in [0.1, 0.15) is 6.29 Å². The lowest BCUT2D eigenvalue weighted by atomic mass is 10.2. The molecule has 2 aromatic rings. The van der Waals surface area contributed by atoms with E-state index in [2.05, 4.69) is 5.48 Å². The van der Waals surface area contributed by atoms with Crippen LogP contribution < -0.4 is 15.0 Å². The zero-order chi connectivity index (χ0) is 16.7. The van der Waals surface area contributed by atoms with Gasteiger partial charge in [0.2, 0.25) is 0 Å². The Bertz CT molecular complexity index is 682. The summed E-state index contributed by atoms with van der Waals surface area (Å²) in [5, 5.41) is 0. The van der Waals surface area contributed by atoms with Crippen LogP contribution in [0.25, 0.3) is 0 Å². The molecule has 0 aliphatic heterocycles. The van der Waals surface area contributed by atoms with Gasteiger partial charge in [-0.15, -0.1) is 0 Å². The van der Waals surface area contributed by atoms with Crippen LogP contribution in [0.4, 0.5) is 5.69 Å². The van der Waals surface area contributed by atoms with Crippen LogP contribution in [0.2, 0.25) is 0 Å². The van der Waals surface area contributed by atoms with E-state index in [1.807, 2.05) is 19.1 Å². The molecular weight excluding hydrogens is 298 g/mol. The molecule has 0 unspecified atom stereocenters. The summed E-state index contributed by atoms with van der Waals surface area (Å²) in [7, 11) is 1.45. The molecular formula is C17H17NO5. The highest BCUT2D eigenvalue weighted by atomic mass is 16.7. The third kappa shape index (κ3) is 4.74. The van der Waals surface area contributed by atoms with E-state index in [1.165, 1.54) is 13.2 Å². The highest BCUT2D eigenvalue weighted by Gasteiger charge is 2.10. The third-order valence-electron chi connectivity index (χ3n) is 3.00. The molecule has 0 aromatic heterocycles. The van der Waals surface area contributed by atoms with Gasteiger partial charge in [-0.1, -0.05) is 17.7 Å². The number of carbonyl (C=O) groups is 2. The lowest BCUT2D eigenvalue weighted by Crippen LogP contribution is -2.18. The van der Waals surface area contributed by atoms with Crippen molar-refractivity contribution in [3.05, 3.63) is 53.6 Å². The summed E-state index contributed by atoms with van der Waals surface area (Å²) in [5.74, 6) is 0.131. The first-order chi connectivity index (χ1) is 11.1. The second-order valence-electron chi connectivity index (χ2n) is 4.76. The van der Waals surface area contributed by atoms with Crippen LogP contribution >= 0.6 is 0 Å². The number of aldehydes is 1. The fraction of sp³-hybridized carbons (Fsp3) is 0.176. The zero-order valence-corrected chi connectivity index (χ0v) is 12.9. The molecule has 0 bridgehead atoms. The molecule has 2 rings (SSSR count). The molecule has 120 valence electrons. The first-order valence-electron chi connectivity index (χ1n) is 6.90. The molecule has 0 saturated heterocycles. The van der Waals surface area contributed by atoms with Crippen molar-refractivity contribution in [2.75, 3.05) is 19.2 Å². The Labute approximate surface area is 133 Å². The predicted octanol–water partition coefficient (Wildman–Crippen LogP) is 2.77. The molecule has 1 N–H and O–H groups in total. The number of anilines is 1. The summed E-state index contributed by atoms with van der Waals surface area (Å²) in [6, 6.07) is 12.0. The van der Waals surface area contributed by atoms with Crippen molar-refractivity contribution in [1.82, 2.24) is 0 Å². The molecule has 0 atom stereocenters. The Morgan fingerprint density at radius 2 is 1.87 bits per heavy atom. The van der Waals surface area contributed by atoms with Gasteiger partial charge in [0, 0.05) is 5.56 Å². The van der Waals surface area contributed by atoms with Gasteiger partial charge in [-0.25, -0.2) is 10.3 Å². The Balaban J connectivity index is 1.86. The number of ether oxygens (including phenoxy) is 2. The van der Waals surface area contributed by atoms with E-state index in [1.54, 1.807) is 24.3 Å². The summed E-state index contributed by atoms with van der Waals surface area (Å²) in [5.41, 5.74) is 4.78. The van der Waals surface area contributed by atoms with Gasteiger partial charge in [0.05, 0.1) is 12.8 Å². The minimum atomic E-state index is -0.591. The lowest BCUT2D eigenvalue weighted by Gasteiger charge is -2.11. The maximum Gasteiger partial charge on any atom is 0.369 e. The van der Waals surface area contributed by atoms with E-state index in [0.717, 1.165) is 5.56 Å². The fourth-order valence-corrected chi connectivity index (χ4v) is 1.78. The average Bonchev–Trinajstić information content (AvgIpc) is 2.59. The van der Waals surface area contributed by atoms with Crippen LogP contribution in [0.15, 0.2) is 42.5 Å². The van der Waals surface area contributed by atoms with Crippen LogP contribution in [-0.2, 0) is 9.63 Å². The number of hydrogen-bond donors (Lipinski definition) is 1. The normalized spacial score (nSPS) is 9.83. The number of benzene rings is 2. The summed E-state index contributed by atoms with van der Waals surface area (Å²) in [4.78, 5) is 27.3. The van der Waals surface area contributed by atoms with E-state index in [4.69, 9.17) is 14.3 Å². The Kier molecular flexibility index (Phi) is 5.57. The molecule has 0 spiro atoms. The number of rotatable bonds is 7. The van der Waals surface area contributed by atoms with Crippen molar-refractivity contribution >= 4 is 17.9 Å². The van der Waals surface area contributed by atoms with Gasteiger partial charge in [0.25, 0.3) is 0 Å². The standard InChI is InChI=1S/C17H17NO5/c1-12-3-6-14(7-4-12)18-23-17(20)11-22-15-8-5-13(10-19)9-16(15)21-2/h3-10,18H,11H2,1-2H3. The number of hydrogen-bond acceptors (Lipinski definition) is 6. The molecule has 0 saturated carbocycles. The van der Waals surface area contributed by atoms with Crippen molar-refractivity contribution in [1.29, 1.82) is 0 Å². The highest BCUT2D eigenvalue weighted by Crippen LogP contribution is 2.27. The first-order valence-corrected chi connectivity index (χ1v) is 6.90. The number of nitrogens with one attached hydrogen (secondary N) is 1. The van der Waals surface area contributed by atoms with E-state index in [-0.39, 0.29) is 6.61 Å². The smallest absolute Gasteiger partial charge is 0.369 e. The van der Waals surface area contributed by atoms with Crippen molar-refractivity contribution in [3.63, 3.8) is 0 Å². The molecule has 6 nitrogen and oxygen atoms in total. The SMILES string of the molecule is COc1cc(C=O)ccc1OCC(=O)ONc1ccc(C)cc1. The molecule has 2 aromatic carbocycles. The molecule has 0 radical (unpaired) electrons. The second kappa shape index (κ2) is 7.84. The van der Waals surface area contributed by atoms with Crippen LogP contribution in [0.3, 0.4) is 0 Å². The van der Waals surface area contributed by atoms with E-state index < -0.39 is 5.97 Å². The van der Waals surface area contributed by atoms with Gasteiger partial charge in [-0.05, 0) is 37.3 Å². The zero-order valence-electron chi connectivity index (χ0n) is 12.9. The first kappa shape index (κ1) is 16.4. The average molecular weight is 315 g/mol. The van der Waals surface area contributed by atoms with Crippen molar-refractivity contribution < 1.29 is 23.9 Å². The van der Waals surface area contributed by atoms with Crippen LogP contribution in [0.1, 0.15) is 15.9 Å². The summed E-state index contributed by atoms with van der Waals surface area (Å²) in [6.45, 7) is 1.67. The van der Waals surface area contributed by atoms with E-state index in [9.17, 15) is 9.59 Å². The van der Waals surface area contributed by atoms with Gasteiger partial charge in [0.15, 0.2) is 18.1 Å². The molecule has 0 heterocycles. The van der Waals surface area contributed by atoms with Gasteiger partial charge in [-0.2, -0.15) is 0 Å². The van der Waals surface area contributed by atoms with E-state index >= 15 is 0 Å². The minimum Gasteiger partial charge on any atom is -0.493 e. The third-order valence-corrected chi connectivity index (χ3v) is 3.00. The van der Waals surface area contributed by atoms with E-state index in [0.29, 0.717) is 29.0 Å². The highest BCUT2D eigenvalue weighted by molar-refractivity contribution is 5.76. The second-order valence-corrected chi connectivity index (χ2v) is 4.76. The van der Waals surface area contributed by atoms with Crippen LogP contribution in [0, 0.1) is 6.92 Å². The maximum atomic E-state index is 11.7. The van der Waals surface area contributed by atoms with Crippen LogP contribution in [0.5, 0.6) is 11.5 Å². The summed E-state index contributed by atoms with van der Waals surface area (Å²) >= 11 is 0. The molecule has 0 amide bonds. The predicted molar refractivity (Wildman–Crippen MR) is 84.8 cm³/mol. The van der Waals surface area contributed by atoms with Gasteiger partial charge < -0.3 is 14.3 Å². The Hall–Kier alpha value is -3.02. The molecule has 0 aliphatic rings. The number of carbonyl (C=O) groups excluding carboxylic acids is 2. The largest absolute Gasteiger partial charge is 0.493 e. The Morgan fingerprint density at radius 3 is 2.52 bits per heavy atom. The Morgan fingerprint density at radius 1 is 1.13 bits per heavy atom. The van der Waals surface area contributed by atoms with Crippen molar-refractivity contribution in [3.8, 4) is 11.5 Å². The van der Waals surface area contributed by atoms with Crippen molar-refractivity contribution in [2.45, 2.75) is 6.92 Å². The minimum absolute atomic E-state index is 0.296. The molecule has 0 fully saturated rings. The monoisotopic (exact) mass is 315 g/mol. The quantitative estimate of drug-likeness (QED) is 0.625. The molecule has 23 heavy (non-hydrogen) atoms. The van der Waals surface area contributed by atoms with Gasteiger partial charge >= 0.3 is 5.97 Å². The van der Waals surface area contributed by atoms with Crippen molar-refractivity contribution in [2.24, 2.45) is 0 Å². The number of aryl methyl sites for hydroxylation is 1.